The fourth-order valence-electron chi connectivity index (χ4n) is 0.973. The summed E-state index contributed by atoms with van der Waals surface area (Å²) in [6.45, 7) is 4.00. The Labute approximate surface area is 82.3 Å². The molecule has 0 radical (unpaired) electrons. The monoisotopic (exact) mass is 192 g/mol. The van der Waals surface area contributed by atoms with E-state index in [1.807, 2.05) is 32.0 Å². The van der Waals surface area contributed by atoms with Crippen LogP contribution in [0.4, 0.5) is 5.69 Å². The molecule has 1 aromatic carbocycles. The van der Waals surface area contributed by atoms with E-state index in [1.165, 1.54) is 5.56 Å². The molecule has 0 heterocycles. The Morgan fingerprint density at radius 2 is 2.14 bits per heavy atom. The summed E-state index contributed by atoms with van der Waals surface area (Å²) in [6, 6.07) is 5.71. The lowest BCUT2D eigenvalue weighted by molar-refractivity contribution is -0.128. The summed E-state index contributed by atoms with van der Waals surface area (Å²) in [7, 11) is 0. The molecule has 14 heavy (non-hydrogen) atoms. The van der Waals surface area contributed by atoms with Crippen LogP contribution in [0.3, 0.4) is 0 Å². The van der Waals surface area contributed by atoms with Crippen LogP contribution in [0.5, 0.6) is 0 Å². The summed E-state index contributed by atoms with van der Waals surface area (Å²) >= 11 is 0. The van der Waals surface area contributed by atoms with Gasteiger partial charge in [-0.15, -0.1) is 0 Å². The van der Waals surface area contributed by atoms with Crippen LogP contribution in [0, 0.1) is 13.8 Å². The predicted molar refractivity (Wildman–Crippen MR) is 55.7 cm³/mol. The maximum Gasteiger partial charge on any atom is 0.348 e. The number of hydrazone groups is 1. The van der Waals surface area contributed by atoms with Crippen molar-refractivity contribution in [3.63, 3.8) is 0 Å². The Bertz CT molecular complexity index is 372. The molecule has 1 aromatic rings. The van der Waals surface area contributed by atoms with E-state index in [1.54, 1.807) is 0 Å². The third-order valence-corrected chi connectivity index (χ3v) is 1.88. The van der Waals surface area contributed by atoms with Crippen molar-refractivity contribution in [3.8, 4) is 0 Å². The van der Waals surface area contributed by atoms with Crippen molar-refractivity contribution in [2.75, 3.05) is 5.43 Å². The molecule has 0 spiro atoms. The van der Waals surface area contributed by atoms with Crippen molar-refractivity contribution >= 4 is 17.9 Å². The van der Waals surface area contributed by atoms with Crippen LogP contribution < -0.4 is 5.43 Å². The van der Waals surface area contributed by atoms with Crippen LogP contribution in [0.15, 0.2) is 23.3 Å². The van der Waals surface area contributed by atoms with Crippen molar-refractivity contribution in [2.45, 2.75) is 13.8 Å². The molecule has 0 saturated carbocycles. The number of aryl methyl sites for hydroxylation is 2. The van der Waals surface area contributed by atoms with Crippen LogP contribution >= 0.6 is 0 Å². The van der Waals surface area contributed by atoms with Crippen molar-refractivity contribution in [1.29, 1.82) is 0 Å². The van der Waals surface area contributed by atoms with Gasteiger partial charge in [0.1, 0.15) is 6.21 Å². The number of benzene rings is 1. The van der Waals surface area contributed by atoms with Gasteiger partial charge in [-0.3, -0.25) is 5.43 Å². The molecule has 0 aliphatic heterocycles. The van der Waals surface area contributed by atoms with Gasteiger partial charge in [-0.05, 0) is 37.1 Å². The molecule has 0 fully saturated rings. The molecule has 4 nitrogen and oxygen atoms in total. The smallest absolute Gasteiger partial charge is 0.348 e. The number of carboxylic acids is 1. The molecule has 0 atom stereocenters. The molecule has 0 bridgehead atoms. The second-order valence-electron chi connectivity index (χ2n) is 3.01. The molecule has 74 valence electrons. The van der Waals surface area contributed by atoms with Crippen LogP contribution in [0.1, 0.15) is 11.1 Å². The van der Waals surface area contributed by atoms with E-state index >= 15 is 0 Å². The van der Waals surface area contributed by atoms with Gasteiger partial charge < -0.3 is 5.11 Å². The third-order valence-electron chi connectivity index (χ3n) is 1.88. The first-order valence-corrected chi connectivity index (χ1v) is 4.19. The van der Waals surface area contributed by atoms with Crippen LogP contribution in [0.25, 0.3) is 0 Å². The summed E-state index contributed by atoms with van der Waals surface area (Å²) in [4.78, 5) is 10.1. The Kier molecular flexibility index (Phi) is 3.23. The highest BCUT2D eigenvalue weighted by Gasteiger charge is 1.94. The zero-order valence-corrected chi connectivity index (χ0v) is 8.11. The Hall–Kier alpha value is -1.84. The van der Waals surface area contributed by atoms with Gasteiger partial charge in [0.15, 0.2) is 0 Å². The molecule has 0 saturated heterocycles. The lowest BCUT2D eigenvalue weighted by atomic mass is 10.1. The number of nitrogens with zero attached hydrogens (tertiary/aromatic N) is 1. The highest BCUT2D eigenvalue weighted by molar-refractivity contribution is 6.22. The van der Waals surface area contributed by atoms with E-state index in [2.05, 4.69) is 10.5 Å². The van der Waals surface area contributed by atoms with Gasteiger partial charge in [0, 0.05) is 0 Å². The summed E-state index contributed by atoms with van der Waals surface area (Å²) in [5.41, 5.74) is 5.75. The number of rotatable bonds is 3. The summed E-state index contributed by atoms with van der Waals surface area (Å²) < 4.78 is 0. The van der Waals surface area contributed by atoms with E-state index in [0.717, 1.165) is 17.5 Å². The molecule has 0 unspecified atom stereocenters. The first-order chi connectivity index (χ1) is 6.59. The number of hydrogen-bond donors (Lipinski definition) is 2. The number of carboxylic acid groups (broad SMARTS) is 1. The van der Waals surface area contributed by atoms with Crippen molar-refractivity contribution in [1.82, 2.24) is 0 Å². The number of anilines is 1. The van der Waals surface area contributed by atoms with Gasteiger partial charge in [-0.25, -0.2) is 4.79 Å². The predicted octanol–water partition coefficient (Wildman–Crippen LogP) is 1.79. The molecule has 0 aromatic heterocycles. The fourth-order valence-corrected chi connectivity index (χ4v) is 0.973. The first-order valence-electron chi connectivity index (χ1n) is 4.19. The van der Waals surface area contributed by atoms with Gasteiger partial charge in [0.05, 0.1) is 5.69 Å². The average Bonchev–Trinajstić information content (AvgIpc) is 2.10. The van der Waals surface area contributed by atoms with E-state index < -0.39 is 5.97 Å². The second-order valence-corrected chi connectivity index (χ2v) is 3.01. The lowest BCUT2D eigenvalue weighted by Crippen LogP contribution is -1.98. The standard InChI is InChI=1S/C10H12N2O2/c1-7-3-4-9(5-8(7)2)12-11-6-10(13)14/h3-6,12H,1-2H3,(H,13,14). The zero-order valence-electron chi connectivity index (χ0n) is 8.11. The minimum atomic E-state index is -1.07. The first kappa shape index (κ1) is 10.2. The second kappa shape index (κ2) is 4.41. The summed E-state index contributed by atoms with van der Waals surface area (Å²) in [6.07, 6.45) is 0.815. The van der Waals surface area contributed by atoms with Gasteiger partial charge in [-0.1, -0.05) is 6.07 Å². The topological polar surface area (TPSA) is 61.7 Å². The minimum Gasteiger partial charge on any atom is -0.477 e. The lowest BCUT2D eigenvalue weighted by Gasteiger charge is -2.03. The van der Waals surface area contributed by atoms with Crippen LogP contribution in [-0.4, -0.2) is 17.3 Å². The molecule has 1 rings (SSSR count). The van der Waals surface area contributed by atoms with Crippen LogP contribution in [-0.2, 0) is 4.79 Å². The molecule has 2 N–H and O–H groups in total. The van der Waals surface area contributed by atoms with Gasteiger partial charge >= 0.3 is 5.97 Å². The van der Waals surface area contributed by atoms with Gasteiger partial charge in [0.2, 0.25) is 0 Å². The molecular formula is C10H12N2O2. The Morgan fingerprint density at radius 1 is 1.43 bits per heavy atom. The van der Waals surface area contributed by atoms with Crippen molar-refractivity contribution in [3.05, 3.63) is 29.3 Å². The average molecular weight is 192 g/mol. The fraction of sp³-hybridized carbons (Fsp3) is 0.200. The van der Waals surface area contributed by atoms with Crippen LogP contribution in [0.2, 0.25) is 0 Å². The maximum absolute atomic E-state index is 10.1. The molecule has 0 aliphatic rings. The SMILES string of the molecule is Cc1ccc(NN=CC(=O)O)cc1C. The maximum atomic E-state index is 10.1. The molecule has 4 heteroatoms. The van der Waals surface area contributed by atoms with E-state index in [0.29, 0.717) is 0 Å². The van der Waals surface area contributed by atoms with E-state index in [4.69, 9.17) is 5.11 Å². The highest BCUT2D eigenvalue weighted by Crippen LogP contribution is 2.13. The molecular weight excluding hydrogens is 180 g/mol. The molecule has 0 amide bonds. The quantitative estimate of drug-likeness (QED) is 0.567. The van der Waals surface area contributed by atoms with Crippen molar-refractivity contribution < 1.29 is 9.90 Å². The Morgan fingerprint density at radius 3 is 2.71 bits per heavy atom. The van der Waals surface area contributed by atoms with Gasteiger partial charge in [0.25, 0.3) is 0 Å². The minimum absolute atomic E-state index is 0.783. The largest absolute Gasteiger partial charge is 0.477 e. The van der Waals surface area contributed by atoms with Gasteiger partial charge in [-0.2, -0.15) is 5.10 Å². The normalized spacial score (nSPS) is 10.4. The number of carbonyl (C=O) groups is 1. The number of aliphatic carboxylic acids is 1. The van der Waals surface area contributed by atoms with E-state index in [-0.39, 0.29) is 0 Å². The number of hydrogen-bond acceptors (Lipinski definition) is 3. The summed E-state index contributed by atoms with van der Waals surface area (Å²) in [5.74, 6) is -1.07. The van der Waals surface area contributed by atoms with E-state index in [9.17, 15) is 4.79 Å². The summed E-state index contributed by atoms with van der Waals surface area (Å²) in [5, 5.41) is 11.8. The van der Waals surface area contributed by atoms with Crippen molar-refractivity contribution in [2.24, 2.45) is 5.10 Å². The number of nitrogens with one attached hydrogen (secondary N) is 1. The third kappa shape index (κ3) is 2.90. The zero-order chi connectivity index (χ0) is 10.6. The Balaban J connectivity index is 2.69. The highest BCUT2D eigenvalue weighted by atomic mass is 16.4. The molecule has 0 aliphatic carbocycles.